The van der Waals surface area contributed by atoms with Gasteiger partial charge < -0.3 is 10.6 Å². The summed E-state index contributed by atoms with van der Waals surface area (Å²) in [6.45, 7) is 2.53. The number of benzene rings is 2. The molecule has 0 aliphatic carbocycles. The number of aliphatic imine (C=N–C) groups is 2. The van der Waals surface area contributed by atoms with E-state index in [1.54, 1.807) is 24.3 Å². The Labute approximate surface area is 140 Å². The second-order valence-electron chi connectivity index (χ2n) is 6.07. The minimum atomic E-state index is -0.0243. The van der Waals surface area contributed by atoms with E-state index in [9.17, 15) is 4.79 Å². The number of para-hydroxylation sites is 1. The molecule has 2 aliphatic rings. The van der Waals surface area contributed by atoms with Crippen molar-refractivity contribution < 1.29 is 4.79 Å². The molecule has 1 amide bonds. The lowest BCUT2D eigenvalue weighted by atomic mass is 10.0. The fourth-order valence-corrected chi connectivity index (χ4v) is 3.30. The quantitative estimate of drug-likeness (QED) is 0.821. The van der Waals surface area contributed by atoms with Crippen LogP contribution in [-0.2, 0) is 0 Å². The number of anilines is 2. The molecular weight excluding hydrogens is 300 g/mol. The molecule has 2 aromatic rings. The Morgan fingerprint density at radius 3 is 2.71 bits per heavy atom. The maximum atomic E-state index is 13.0. The van der Waals surface area contributed by atoms with E-state index in [4.69, 9.17) is 5.73 Å². The molecule has 0 saturated heterocycles. The molecule has 0 aromatic heterocycles. The molecule has 0 bridgehead atoms. The van der Waals surface area contributed by atoms with Crippen LogP contribution >= 0.6 is 0 Å². The van der Waals surface area contributed by atoms with Gasteiger partial charge in [-0.15, -0.1) is 0 Å². The molecule has 5 heteroatoms. The summed E-state index contributed by atoms with van der Waals surface area (Å²) in [7, 11) is 0. The van der Waals surface area contributed by atoms with Crippen LogP contribution in [0.4, 0.5) is 11.4 Å². The van der Waals surface area contributed by atoms with E-state index in [0.717, 1.165) is 29.2 Å². The van der Waals surface area contributed by atoms with E-state index in [0.29, 0.717) is 17.8 Å². The highest BCUT2D eigenvalue weighted by Crippen LogP contribution is 2.31. The van der Waals surface area contributed by atoms with Crippen LogP contribution < -0.4 is 10.6 Å². The Morgan fingerprint density at radius 2 is 1.92 bits per heavy atom. The number of nitrogens with two attached hydrogens (primary N) is 1. The van der Waals surface area contributed by atoms with Crippen LogP contribution in [0.1, 0.15) is 29.3 Å². The molecule has 5 nitrogen and oxygen atoms in total. The largest absolute Gasteiger partial charge is 0.399 e. The number of hydrogen-bond acceptors (Lipinski definition) is 4. The van der Waals surface area contributed by atoms with E-state index in [-0.39, 0.29) is 11.9 Å². The van der Waals surface area contributed by atoms with Gasteiger partial charge in [-0.25, -0.2) is 4.99 Å². The molecule has 2 aliphatic heterocycles. The van der Waals surface area contributed by atoms with Crippen molar-refractivity contribution in [3.8, 4) is 0 Å². The Hall–Kier alpha value is -2.95. The molecule has 2 aromatic carbocycles. The first-order valence-electron chi connectivity index (χ1n) is 8.03. The first kappa shape index (κ1) is 14.6. The highest BCUT2D eigenvalue weighted by atomic mass is 16.2. The van der Waals surface area contributed by atoms with Crippen molar-refractivity contribution in [2.75, 3.05) is 17.2 Å². The van der Waals surface area contributed by atoms with Gasteiger partial charge in [-0.2, -0.15) is 0 Å². The maximum Gasteiger partial charge on any atom is 0.258 e. The van der Waals surface area contributed by atoms with E-state index in [1.807, 2.05) is 36.1 Å². The Bertz CT molecular complexity index is 867. The van der Waals surface area contributed by atoms with Gasteiger partial charge in [-0.1, -0.05) is 18.2 Å². The Morgan fingerprint density at radius 1 is 1.17 bits per heavy atom. The van der Waals surface area contributed by atoms with Crippen LogP contribution in [0.3, 0.4) is 0 Å². The van der Waals surface area contributed by atoms with Gasteiger partial charge in [0, 0.05) is 23.4 Å². The predicted octanol–water partition coefficient (Wildman–Crippen LogP) is 2.91. The molecular formula is C19H18N4O. The van der Waals surface area contributed by atoms with Gasteiger partial charge >= 0.3 is 0 Å². The van der Waals surface area contributed by atoms with Crippen LogP contribution in [0.25, 0.3) is 0 Å². The van der Waals surface area contributed by atoms with Crippen LogP contribution in [0, 0.1) is 0 Å². The third kappa shape index (κ3) is 2.38. The third-order valence-electron chi connectivity index (χ3n) is 4.44. The van der Waals surface area contributed by atoms with E-state index < -0.39 is 0 Å². The second-order valence-corrected chi connectivity index (χ2v) is 6.07. The van der Waals surface area contributed by atoms with Gasteiger partial charge in [0.2, 0.25) is 0 Å². The molecule has 0 radical (unpaired) electrons. The molecule has 24 heavy (non-hydrogen) atoms. The number of nitrogens with zero attached hydrogens (tertiary/aromatic N) is 3. The van der Waals surface area contributed by atoms with Gasteiger partial charge in [-0.3, -0.25) is 9.79 Å². The molecule has 0 spiro atoms. The van der Waals surface area contributed by atoms with E-state index in [2.05, 4.69) is 9.98 Å². The average Bonchev–Trinajstić information content (AvgIpc) is 2.89. The van der Waals surface area contributed by atoms with Gasteiger partial charge in [0.25, 0.3) is 5.91 Å². The minimum absolute atomic E-state index is 0.0243. The summed E-state index contributed by atoms with van der Waals surface area (Å²) in [6, 6.07) is 15.0. The predicted molar refractivity (Wildman–Crippen MR) is 97.0 cm³/mol. The lowest BCUT2D eigenvalue weighted by Gasteiger charge is -2.23. The zero-order valence-corrected chi connectivity index (χ0v) is 13.4. The molecule has 1 atom stereocenters. The monoisotopic (exact) mass is 318 g/mol. The fourth-order valence-electron chi connectivity index (χ4n) is 3.30. The lowest BCUT2D eigenvalue weighted by Crippen LogP contribution is -2.32. The molecule has 1 unspecified atom stereocenters. The number of hydrogen-bond donors (Lipinski definition) is 1. The van der Waals surface area contributed by atoms with Crippen LogP contribution in [0.15, 0.2) is 58.5 Å². The first-order valence-corrected chi connectivity index (χ1v) is 8.03. The third-order valence-corrected chi connectivity index (χ3v) is 4.44. The Balaban J connectivity index is 1.77. The van der Waals surface area contributed by atoms with Crippen molar-refractivity contribution in [3.63, 3.8) is 0 Å². The van der Waals surface area contributed by atoms with Crippen LogP contribution in [-0.4, -0.2) is 30.0 Å². The number of rotatable bonds is 1. The zero-order valence-electron chi connectivity index (χ0n) is 13.4. The second kappa shape index (κ2) is 5.60. The number of nitrogen functional groups attached to an aromatic ring is 1. The average molecular weight is 318 g/mol. The smallest absolute Gasteiger partial charge is 0.258 e. The summed E-state index contributed by atoms with van der Waals surface area (Å²) in [4.78, 5) is 24.1. The van der Waals surface area contributed by atoms with E-state index in [1.165, 1.54) is 0 Å². The van der Waals surface area contributed by atoms with E-state index >= 15 is 0 Å². The van der Waals surface area contributed by atoms with Crippen molar-refractivity contribution in [1.29, 1.82) is 0 Å². The molecule has 120 valence electrons. The topological polar surface area (TPSA) is 71.0 Å². The number of carbonyl (C=O) groups is 1. The number of carbonyl (C=O) groups excluding carboxylic acids is 1. The molecule has 2 heterocycles. The molecule has 0 saturated carbocycles. The van der Waals surface area contributed by atoms with Gasteiger partial charge in [0.1, 0.15) is 5.84 Å². The standard InChI is InChI=1S/C19H18N4O/c1-12-21-16-10-11-23(19(24)13-6-8-14(20)9-7-13)17-5-3-2-4-15(17)18(16)22-12/h2-9,16H,10-11,20H2,1H3. The van der Waals surface area contributed by atoms with Crippen LogP contribution in [0.2, 0.25) is 0 Å². The van der Waals surface area contributed by atoms with Crippen molar-refractivity contribution in [2.45, 2.75) is 19.4 Å². The lowest BCUT2D eigenvalue weighted by molar-refractivity contribution is 0.0987. The normalized spacial score (nSPS) is 19.0. The van der Waals surface area contributed by atoms with Crippen molar-refractivity contribution in [3.05, 3.63) is 59.7 Å². The summed E-state index contributed by atoms with van der Waals surface area (Å²) < 4.78 is 0. The molecule has 4 rings (SSSR count). The first-order chi connectivity index (χ1) is 11.6. The minimum Gasteiger partial charge on any atom is -0.399 e. The fraction of sp³-hybridized carbons (Fsp3) is 0.211. The number of fused-ring (bicyclic) bond motifs is 3. The van der Waals surface area contributed by atoms with Gasteiger partial charge in [-0.05, 0) is 43.7 Å². The van der Waals surface area contributed by atoms with Gasteiger partial charge in [0.05, 0.1) is 17.4 Å². The summed E-state index contributed by atoms with van der Waals surface area (Å²) in [5, 5.41) is 0. The Kier molecular flexibility index (Phi) is 3.41. The SMILES string of the molecule is CC1=NC2CCN(C(=O)c3ccc(N)cc3)c3ccccc3C2=N1. The zero-order chi connectivity index (χ0) is 16.7. The summed E-state index contributed by atoms with van der Waals surface area (Å²) in [5.41, 5.74) is 9.86. The van der Waals surface area contributed by atoms with Crippen LogP contribution in [0.5, 0.6) is 0 Å². The van der Waals surface area contributed by atoms with Gasteiger partial charge in [0.15, 0.2) is 0 Å². The van der Waals surface area contributed by atoms with Crippen molar-refractivity contribution in [1.82, 2.24) is 0 Å². The molecule has 0 fully saturated rings. The summed E-state index contributed by atoms with van der Waals surface area (Å²) in [5.74, 6) is 0.784. The highest BCUT2D eigenvalue weighted by molar-refractivity contribution is 6.19. The number of amidine groups is 1. The van der Waals surface area contributed by atoms with Crippen molar-refractivity contribution >= 4 is 28.8 Å². The van der Waals surface area contributed by atoms with Crippen molar-refractivity contribution in [2.24, 2.45) is 9.98 Å². The summed E-state index contributed by atoms with van der Waals surface area (Å²) in [6.07, 6.45) is 0.769. The summed E-state index contributed by atoms with van der Waals surface area (Å²) >= 11 is 0. The maximum absolute atomic E-state index is 13.0. The highest BCUT2D eigenvalue weighted by Gasteiger charge is 2.32. The number of amides is 1. The molecule has 2 N–H and O–H groups in total.